The van der Waals surface area contributed by atoms with E-state index in [1.165, 1.54) is 12.8 Å². The zero-order chi connectivity index (χ0) is 18.2. The summed E-state index contributed by atoms with van der Waals surface area (Å²) in [6.45, 7) is 2.90. The predicted octanol–water partition coefficient (Wildman–Crippen LogP) is 2.56. The van der Waals surface area contributed by atoms with Gasteiger partial charge in [0.2, 0.25) is 0 Å². The van der Waals surface area contributed by atoms with Gasteiger partial charge in [0.15, 0.2) is 12.0 Å². The second kappa shape index (κ2) is 5.16. The number of fused-ring (bicyclic) bond motifs is 6. The molecule has 9 heteroatoms. The van der Waals surface area contributed by atoms with Gasteiger partial charge in [-0.2, -0.15) is 5.12 Å². The number of aromatic nitrogens is 3. The largest absolute Gasteiger partial charge is 0.305 e. The van der Waals surface area contributed by atoms with Crippen molar-refractivity contribution in [1.29, 1.82) is 0 Å². The van der Waals surface area contributed by atoms with Crippen molar-refractivity contribution in [2.45, 2.75) is 32.4 Å². The van der Waals surface area contributed by atoms with Crippen LogP contribution in [0.5, 0.6) is 0 Å². The van der Waals surface area contributed by atoms with Crippen molar-refractivity contribution in [2.24, 2.45) is 10.4 Å². The third-order valence-electron chi connectivity index (χ3n) is 5.82. The molecule has 0 saturated heterocycles. The van der Waals surface area contributed by atoms with Gasteiger partial charge in [-0.25, -0.2) is 10.0 Å². The summed E-state index contributed by atoms with van der Waals surface area (Å²) < 4.78 is 1.67. The molecule has 138 valence electrons. The van der Waals surface area contributed by atoms with Gasteiger partial charge in [0.1, 0.15) is 13.0 Å². The first kappa shape index (κ1) is 15.3. The molecule has 4 aliphatic rings. The highest BCUT2D eigenvalue weighted by atomic mass is 35.5. The Morgan fingerprint density at radius 1 is 1.26 bits per heavy atom. The van der Waals surface area contributed by atoms with Gasteiger partial charge in [0, 0.05) is 17.3 Å². The van der Waals surface area contributed by atoms with Crippen LogP contribution in [-0.2, 0) is 6.42 Å². The van der Waals surface area contributed by atoms with Gasteiger partial charge >= 0.3 is 0 Å². The lowest BCUT2D eigenvalue weighted by atomic mass is 10.0. The van der Waals surface area contributed by atoms with Crippen LogP contribution in [0, 0.1) is 5.41 Å². The van der Waals surface area contributed by atoms with Crippen LogP contribution in [-0.4, -0.2) is 37.5 Å². The number of para-hydroxylation sites is 1. The van der Waals surface area contributed by atoms with Crippen LogP contribution in [0.15, 0.2) is 47.5 Å². The van der Waals surface area contributed by atoms with Crippen LogP contribution >= 0.6 is 11.8 Å². The molecule has 1 atom stereocenters. The van der Waals surface area contributed by atoms with Crippen LogP contribution in [0.3, 0.4) is 0 Å². The zero-order valence-electron chi connectivity index (χ0n) is 14.9. The smallest absolute Gasteiger partial charge is 0.173 e. The predicted molar refractivity (Wildman–Crippen MR) is 102 cm³/mol. The number of hydrogen-bond donors (Lipinski definition) is 0. The van der Waals surface area contributed by atoms with Crippen molar-refractivity contribution in [1.82, 2.24) is 24.5 Å². The molecule has 8 nitrogen and oxygen atoms in total. The fraction of sp³-hybridized carbons (Fsp3) is 0.389. The molecule has 1 aromatic carbocycles. The lowest BCUT2D eigenvalue weighted by molar-refractivity contribution is 0.222. The van der Waals surface area contributed by atoms with Gasteiger partial charge in [0.05, 0.1) is 23.8 Å². The topological polar surface area (TPSA) is 56.0 Å². The number of anilines is 1. The SMILES string of the molecule is CC1(Cc2cnnn2N2C=NC3c4ccccc4N4CN(Cl)C=C4N32)CC1. The second-order valence-corrected chi connectivity index (χ2v) is 8.35. The number of hydrogen-bond acceptors (Lipinski definition) is 7. The summed E-state index contributed by atoms with van der Waals surface area (Å²) in [7, 11) is 0. The minimum Gasteiger partial charge on any atom is -0.305 e. The normalized spacial score (nSPS) is 24.1. The van der Waals surface area contributed by atoms with Crippen LogP contribution in [0.4, 0.5) is 5.69 Å². The van der Waals surface area contributed by atoms with Crippen LogP contribution < -0.4 is 10.0 Å². The van der Waals surface area contributed by atoms with E-state index < -0.39 is 0 Å². The molecule has 6 rings (SSSR count). The minimum absolute atomic E-state index is 0.138. The number of halogens is 1. The molecule has 27 heavy (non-hydrogen) atoms. The molecule has 0 N–H and O–H groups in total. The van der Waals surface area contributed by atoms with E-state index in [1.54, 1.807) is 4.42 Å². The summed E-state index contributed by atoms with van der Waals surface area (Å²) in [5.74, 6) is 0.977. The molecule has 3 aliphatic heterocycles. The summed E-state index contributed by atoms with van der Waals surface area (Å²) in [5, 5.41) is 12.6. The molecule has 4 heterocycles. The maximum Gasteiger partial charge on any atom is 0.173 e. The van der Waals surface area contributed by atoms with E-state index in [9.17, 15) is 0 Å². The number of aliphatic imine (C=N–C) groups is 1. The fourth-order valence-corrected chi connectivity index (χ4v) is 4.27. The van der Waals surface area contributed by atoms with E-state index in [2.05, 4.69) is 39.3 Å². The standard InChI is InChI=1S/C18H19ClN8/c1-18(6-7-18)8-13-9-21-22-27(13)25-11-20-17-14-4-2-3-5-15(14)24-12-23(19)10-16(24)26(17)25/h2-5,9-11,17H,6-8,12H2,1H3. The highest BCUT2D eigenvalue weighted by Crippen LogP contribution is 2.48. The maximum absolute atomic E-state index is 6.34. The summed E-state index contributed by atoms with van der Waals surface area (Å²) in [4.78, 5) is 8.84. The molecule has 1 fully saturated rings. The first-order valence-electron chi connectivity index (χ1n) is 9.15. The molecule has 0 bridgehead atoms. The Hall–Kier alpha value is -2.74. The molecule has 1 unspecified atom stereocenters. The first-order valence-corrected chi connectivity index (χ1v) is 9.49. The van der Waals surface area contributed by atoms with Crippen molar-refractivity contribution in [3.63, 3.8) is 0 Å². The summed E-state index contributed by atoms with van der Waals surface area (Å²) in [6, 6.07) is 8.33. The van der Waals surface area contributed by atoms with Crippen molar-refractivity contribution in [2.75, 3.05) is 16.7 Å². The van der Waals surface area contributed by atoms with Gasteiger partial charge < -0.3 is 4.90 Å². The van der Waals surface area contributed by atoms with Crippen molar-refractivity contribution >= 4 is 23.8 Å². The summed E-state index contributed by atoms with van der Waals surface area (Å²) >= 11 is 6.34. The Balaban J connectivity index is 1.44. The fourth-order valence-electron chi connectivity index (χ4n) is 4.08. The van der Waals surface area contributed by atoms with Crippen LogP contribution in [0.2, 0.25) is 0 Å². The monoisotopic (exact) mass is 382 g/mol. The number of nitrogens with zero attached hydrogens (tertiary/aromatic N) is 8. The molecule has 0 spiro atoms. The van der Waals surface area contributed by atoms with Gasteiger partial charge in [-0.1, -0.05) is 25.1 Å². The lowest BCUT2D eigenvalue weighted by Gasteiger charge is -2.42. The molecule has 1 saturated carbocycles. The minimum atomic E-state index is -0.138. The summed E-state index contributed by atoms with van der Waals surface area (Å²) in [6.07, 6.45) is 8.96. The third-order valence-corrected chi connectivity index (χ3v) is 6.02. The molecular formula is C18H19ClN8. The third kappa shape index (κ3) is 2.19. The molecular weight excluding hydrogens is 364 g/mol. The number of hydrazine groups is 1. The zero-order valence-corrected chi connectivity index (χ0v) is 15.7. The Bertz CT molecular complexity index is 977. The van der Waals surface area contributed by atoms with Crippen LogP contribution in [0.25, 0.3) is 0 Å². The maximum atomic E-state index is 6.34. The highest BCUT2D eigenvalue weighted by molar-refractivity contribution is 6.14. The Morgan fingerprint density at radius 3 is 2.96 bits per heavy atom. The van der Waals surface area contributed by atoms with E-state index in [-0.39, 0.29) is 6.17 Å². The second-order valence-electron chi connectivity index (χ2n) is 7.92. The van der Waals surface area contributed by atoms with Crippen molar-refractivity contribution < 1.29 is 0 Å². The number of rotatable bonds is 3. The van der Waals surface area contributed by atoms with E-state index in [4.69, 9.17) is 16.8 Å². The Labute approximate surface area is 162 Å². The Kier molecular flexibility index (Phi) is 2.93. The summed E-state index contributed by atoms with van der Waals surface area (Å²) in [5.41, 5.74) is 3.75. The van der Waals surface area contributed by atoms with Crippen LogP contribution in [0.1, 0.15) is 37.2 Å². The lowest BCUT2D eigenvalue weighted by Crippen LogP contribution is -2.52. The van der Waals surface area contributed by atoms with E-state index in [0.29, 0.717) is 12.1 Å². The average molecular weight is 383 g/mol. The molecule has 1 aromatic heterocycles. The highest BCUT2D eigenvalue weighted by Gasteiger charge is 2.45. The van der Waals surface area contributed by atoms with Crippen molar-refractivity contribution in [3.8, 4) is 0 Å². The molecule has 0 radical (unpaired) electrons. The van der Waals surface area contributed by atoms with Crippen molar-refractivity contribution in [3.05, 3.63) is 53.7 Å². The first-order chi connectivity index (χ1) is 13.1. The molecule has 2 aromatic rings. The van der Waals surface area contributed by atoms with E-state index in [1.807, 2.05) is 40.8 Å². The quantitative estimate of drug-likeness (QED) is 0.760. The van der Waals surface area contributed by atoms with Gasteiger partial charge in [-0.15, -0.1) is 9.89 Å². The van der Waals surface area contributed by atoms with Gasteiger partial charge in [-0.3, -0.25) is 4.42 Å². The van der Waals surface area contributed by atoms with Gasteiger partial charge in [0.25, 0.3) is 0 Å². The molecule has 1 aliphatic carbocycles. The van der Waals surface area contributed by atoms with E-state index in [0.717, 1.165) is 29.2 Å². The average Bonchev–Trinajstić information content (AvgIpc) is 3.05. The Morgan fingerprint density at radius 2 is 2.11 bits per heavy atom. The molecule has 0 amide bonds. The number of benzene rings is 1. The van der Waals surface area contributed by atoms with E-state index >= 15 is 0 Å². The van der Waals surface area contributed by atoms with Gasteiger partial charge in [-0.05, 0) is 36.0 Å².